The summed E-state index contributed by atoms with van der Waals surface area (Å²) in [5, 5.41) is 18.1. The van der Waals surface area contributed by atoms with Gasteiger partial charge >= 0.3 is 0 Å². The first-order valence-electron chi connectivity index (χ1n) is 7.71. The molecule has 0 bridgehead atoms. The first-order valence-corrected chi connectivity index (χ1v) is 7.71. The van der Waals surface area contributed by atoms with Gasteiger partial charge in [0.2, 0.25) is 5.91 Å². The van der Waals surface area contributed by atoms with E-state index in [9.17, 15) is 4.79 Å². The van der Waals surface area contributed by atoms with Gasteiger partial charge in [-0.3, -0.25) is 4.79 Å². The van der Waals surface area contributed by atoms with Gasteiger partial charge < -0.3 is 14.9 Å². The molecule has 1 unspecified atom stereocenters. The number of piperidine rings is 1. The number of anilines is 1. The summed E-state index contributed by atoms with van der Waals surface area (Å²) in [4.78, 5) is 21.0. The Morgan fingerprint density at radius 3 is 3.00 bits per heavy atom. The Bertz CT molecular complexity index is 610. The molecule has 2 aliphatic rings. The number of aromatic nitrogens is 1. The van der Waals surface area contributed by atoms with Gasteiger partial charge in [-0.2, -0.15) is 5.26 Å². The van der Waals surface area contributed by atoms with Gasteiger partial charge in [0.25, 0.3) is 0 Å². The van der Waals surface area contributed by atoms with Gasteiger partial charge in [-0.15, -0.1) is 0 Å². The van der Waals surface area contributed by atoms with E-state index in [1.165, 1.54) is 0 Å². The normalized spacial score (nSPS) is 24.8. The van der Waals surface area contributed by atoms with Crippen molar-refractivity contribution in [1.82, 2.24) is 9.88 Å². The Morgan fingerprint density at radius 1 is 1.36 bits per heavy atom. The minimum atomic E-state index is -0.349. The highest BCUT2D eigenvalue weighted by atomic mass is 16.3. The second-order valence-electron chi connectivity index (χ2n) is 6.06. The van der Waals surface area contributed by atoms with Gasteiger partial charge in [-0.25, -0.2) is 4.98 Å². The number of pyridine rings is 1. The predicted octanol–water partition coefficient (Wildman–Crippen LogP) is 0.764. The summed E-state index contributed by atoms with van der Waals surface area (Å²) in [7, 11) is 0. The predicted molar refractivity (Wildman–Crippen MR) is 81.1 cm³/mol. The van der Waals surface area contributed by atoms with E-state index in [0.717, 1.165) is 38.2 Å². The van der Waals surface area contributed by atoms with E-state index < -0.39 is 0 Å². The monoisotopic (exact) mass is 300 g/mol. The van der Waals surface area contributed by atoms with Crippen molar-refractivity contribution in [1.29, 1.82) is 5.26 Å². The summed E-state index contributed by atoms with van der Waals surface area (Å²) in [5.74, 6) is 0.926. The molecule has 2 saturated heterocycles. The maximum Gasteiger partial charge on any atom is 0.230 e. The average Bonchev–Trinajstić information content (AvgIpc) is 2.97. The molecule has 0 aromatic carbocycles. The first kappa shape index (κ1) is 14.8. The van der Waals surface area contributed by atoms with E-state index >= 15 is 0 Å². The largest absolute Gasteiger partial charge is 0.395 e. The van der Waals surface area contributed by atoms with Crippen molar-refractivity contribution in [2.24, 2.45) is 5.41 Å². The number of rotatable bonds is 3. The van der Waals surface area contributed by atoms with Gasteiger partial charge in [0.15, 0.2) is 0 Å². The molecule has 1 amide bonds. The van der Waals surface area contributed by atoms with Crippen LogP contribution >= 0.6 is 0 Å². The molecule has 3 heterocycles. The van der Waals surface area contributed by atoms with Gasteiger partial charge in [0.1, 0.15) is 17.6 Å². The van der Waals surface area contributed by atoms with E-state index in [2.05, 4.69) is 16.0 Å². The van der Waals surface area contributed by atoms with Crippen LogP contribution in [0.3, 0.4) is 0 Å². The van der Waals surface area contributed by atoms with Crippen LogP contribution in [0.2, 0.25) is 0 Å². The summed E-state index contributed by atoms with van der Waals surface area (Å²) < 4.78 is 0. The summed E-state index contributed by atoms with van der Waals surface area (Å²) >= 11 is 0. The van der Waals surface area contributed by atoms with Crippen LogP contribution in [0.15, 0.2) is 18.2 Å². The molecule has 116 valence electrons. The van der Waals surface area contributed by atoms with Crippen LogP contribution in [0.4, 0.5) is 5.82 Å². The van der Waals surface area contributed by atoms with Gasteiger partial charge in [0.05, 0.1) is 12.0 Å². The molecule has 0 aliphatic carbocycles. The average molecular weight is 300 g/mol. The van der Waals surface area contributed by atoms with Crippen molar-refractivity contribution in [3.05, 3.63) is 23.9 Å². The summed E-state index contributed by atoms with van der Waals surface area (Å²) in [5.41, 5.74) is 0.0490. The number of hydrogen-bond donors (Lipinski definition) is 1. The zero-order chi connectivity index (χ0) is 15.6. The number of β-amino-alcohol motifs (C(OH)–C–C–N with tert-alkyl or cyclic N) is 1. The molecule has 22 heavy (non-hydrogen) atoms. The second-order valence-corrected chi connectivity index (χ2v) is 6.06. The summed E-state index contributed by atoms with van der Waals surface area (Å²) in [6.45, 7) is 2.60. The molecule has 6 nitrogen and oxygen atoms in total. The van der Waals surface area contributed by atoms with Crippen LogP contribution in [-0.2, 0) is 4.79 Å². The van der Waals surface area contributed by atoms with E-state index in [1.54, 1.807) is 11.0 Å². The fraction of sp³-hybridized carbons (Fsp3) is 0.562. The van der Waals surface area contributed by atoms with Crippen LogP contribution in [-0.4, -0.2) is 53.7 Å². The Kier molecular flexibility index (Phi) is 3.99. The fourth-order valence-corrected chi connectivity index (χ4v) is 3.59. The van der Waals surface area contributed by atoms with E-state index in [0.29, 0.717) is 18.8 Å². The van der Waals surface area contributed by atoms with Crippen molar-refractivity contribution in [3.8, 4) is 6.07 Å². The fourth-order valence-electron chi connectivity index (χ4n) is 3.59. The molecule has 2 aliphatic heterocycles. The van der Waals surface area contributed by atoms with Crippen molar-refractivity contribution in [3.63, 3.8) is 0 Å². The lowest BCUT2D eigenvalue weighted by Gasteiger charge is -2.39. The van der Waals surface area contributed by atoms with Gasteiger partial charge in [0, 0.05) is 26.2 Å². The van der Waals surface area contributed by atoms with Gasteiger partial charge in [-0.1, -0.05) is 6.07 Å². The van der Waals surface area contributed by atoms with Crippen LogP contribution in [0.1, 0.15) is 25.0 Å². The molecule has 6 heteroatoms. The lowest BCUT2D eigenvalue weighted by atomic mass is 9.78. The van der Waals surface area contributed by atoms with E-state index in [-0.39, 0.29) is 17.9 Å². The van der Waals surface area contributed by atoms with Crippen molar-refractivity contribution < 1.29 is 9.90 Å². The third-order valence-electron chi connectivity index (χ3n) is 4.72. The molecular weight excluding hydrogens is 280 g/mol. The standard InChI is InChI=1S/C16H20N4O2/c17-11-13-3-1-4-14(18-13)20-8-6-16(12-20)5-2-7-19(9-10-21)15(16)22/h1,3-4,21H,2,5-10,12H2. The molecule has 2 fully saturated rings. The summed E-state index contributed by atoms with van der Waals surface area (Å²) in [6.07, 6.45) is 2.68. The number of amides is 1. The highest BCUT2D eigenvalue weighted by Crippen LogP contribution is 2.41. The molecule has 0 radical (unpaired) electrons. The summed E-state index contributed by atoms with van der Waals surface area (Å²) in [6, 6.07) is 7.45. The number of aliphatic hydroxyl groups is 1. The molecule has 1 N–H and O–H groups in total. The molecule has 1 atom stereocenters. The Labute approximate surface area is 130 Å². The van der Waals surface area contributed by atoms with Crippen molar-refractivity contribution >= 4 is 11.7 Å². The number of carbonyl (C=O) groups excluding carboxylic acids is 1. The molecule has 0 saturated carbocycles. The van der Waals surface area contributed by atoms with Gasteiger partial charge in [-0.05, 0) is 31.4 Å². The number of carbonyl (C=O) groups is 1. The maximum atomic E-state index is 12.8. The number of hydrogen-bond acceptors (Lipinski definition) is 5. The van der Waals surface area contributed by atoms with E-state index in [4.69, 9.17) is 10.4 Å². The maximum absolute atomic E-state index is 12.8. The quantitative estimate of drug-likeness (QED) is 0.891. The highest BCUT2D eigenvalue weighted by Gasteiger charge is 2.48. The third-order valence-corrected chi connectivity index (χ3v) is 4.72. The Morgan fingerprint density at radius 2 is 2.23 bits per heavy atom. The van der Waals surface area contributed by atoms with Crippen LogP contribution < -0.4 is 4.90 Å². The highest BCUT2D eigenvalue weighted by molar-refractivity contribution is 5.85. The number of aliphatic hydroxyl groups excluding tert-OH is 1. The topological polar surface area (TPSA) is 80.5 Å². The lowest BCUT2D eigenvalue weighted by Crippen LogP contribution is -2.50. The van der Waals surface area contributed by atoms with Crippen LogP contribution in [0.5, 0.6) is 0 Å². The van der Waals surface area contributed by atoms with Crippen molar-refractivity contribution in [2.75, 3.05) is 37.7 Å². The molecule has 1 aromatic rings. The molecule has 1 aromatic heterocycles. The second kappa shape index (κ2) is 5.93. The third kappa shape index (κ3) is 2.53. The van der Waals surface area contributed by atoms with Crippen LogP contribution in [0, 0.1) is 16.7 Å². The smallest absolute Gasteiger partial charge is 0.230 e. The number of nitriles is 1. The molecular formula is C16H20N4O2. The zero-order valence-corrected chi connectivity index (χ0v) is 12.5. The Hall–Kier alpha value is -2.13. The first-order chi connectivity index (χ1) is 10.7. The van der Waals surface area contributed by atoms with Crippen molar-refractivity contribution in [2.45, 2.75) is 19.3 Å². The van der Waals surface area contributed by atoms with E-state index in [1.807, 2.05) is 12.1 Å². The SMILES string of the molecule is N#Cc1cccc(N2CCC3(CCCN(CCO)C3=O)C2)n1. The Balaban J connectivity index is 1.78. The molecule has 1 spiro atoms. The number of nitrogens with zero attached hydrogens (tertiary/aromatic N) is 4. The lowest BCUT2D eigenvalue weighted by molar-refractivity contribution is -0.145. The minimum Gasteiger partial charge on any atom is -0.395 e. The zero-order valence-electron chi connectivity index (χ0n) is 12.5. The van der Waals surface area contributed by atoms with Crippen LogP contribution in [0.25, 0.3) is 0 Å². The minimum absolute atomic E-state index is 0.0112. The molecule has 3 rings (SSSR count). The number of likely N-dealkylation sites (tertiary alicyclic amines) is 1.